The van der Waals surface area contributed by atoms with E-state index < -0.39 is 12.1 Å². The Morgan fingerprint density at radius 3 is 2.68 bits per heavy atom. The van der Waals surface area contributed by atoms with E-state index in [2.05, 4.69) is 10.2 Å². The minimum absolute atomic E-state index is 0.156. The molecule has 2 aromatic carbocycles. The smallest absolute Gasteiger partial charge is 0.338 e. The first-order valence-electron chi connectivity index (χ1n) is 8.75. The number of benzene rings is 2. The molecule has 0 unspecified atom stereocenters. The van der Waals surface area contributed by atoms with Crippen molar-refractivity contribution in [2.24, 2.45) is 0 Å². The average molecular weight is 378 g/mol. The van der Waals surface area contributed by atoms with Crippen molar-refractivity contribution in [1.29, 1.82) is 0 Å². The molecule has 0 N–H and O–H groups in total. The lowest BCUT2D eigenvalue weighted by Gasteiger charge is -2.18. The van der Waals surface area contributed by atoms with Crippen molar-refractivity contribution < 1.29 is 23.4 Å². The highest BCUT2D eigenvalue weighted by atomic mass is 16.6. The van der Waals surface area contributed by atoms with Gasteiger partial charge in [0.15, 0.2) is 6.10 Å². The standard InChI is InChI=1S/C21H18N2O5/c1-13(19-22-23-20(28-19)14-7-9-17(25-2)10-8-14)27-21(24)16-11-15-5-3-4-6-18(15)26-12-16/h3-11,13H,12H2,1-2H3/t13-/m0/s1. The number of fused-ring (bicyclic) bond motifs is 1. The quantitative estimate of drug-likeness (QED) is 0.624. The summed E-state index contributed by atoms with van der Waals surface area (Å²) in [6.07, 6.45) is 1.08. The fourth-order valence-electron chi connectivity index (χ4n) is 2.77. The second-order valence-electron chi connectivity index (χ2n) is 6.22. The van der Waals surface area contributed by atoms with Crippen molar-refractivity contribution in [3.05, 3.63) is 65.6 Å². The van der Waals surface area contributed by atoms with Gasteiger partial charge in [-0.05, 0) is 43.3 Å². The molecule has 4 rings (SSSR count). The lowest BCUT2D eigenvalue weighted by molar-refractivity contribution is -0.145. The zero-order valence-corrected chi connectivity index (χ0v) is 15.4. The highest BCUT2D eigenvalue weighted by molar-refractivity contribution is 5.95. The van der Waals surface area contributed by atoms with Crippen molar-refractivity contribution >= 4 is 12.0 Å². The topological polar surface area (TPSA) is 83.7 Å². The minimum Gasteiger partial charge on any atom is -0.497 e. The van der Waals surface area contributed by atoms with E-state index in [-0.39, 0.29) is 12.5 Å². The number of methoxy groups -OCH3 is 1. The molecule has 142 valence electrons. The number of aromatic nitrogens is 2. The number of carbonyl (C=O) groups excluding carboxylic acids is 1. The number of hydrogen-bond acceptors (Lipinski definition) is 7. The lowest BCUT2D eigenvalue weighted by Crippen LogP contribution is -2.18. The molecule has 7 heteroatoms. The van der Waals surface area contributed by atoms with Gasteiger partial charge in [-0.2, -0.15) is 0 Å². The van der Waals surface area contributed by atoms with Crippen LogP contribution in [0, 0.1) is 0 Å². The normalized spacial score (nSPS) is 13.7. The van der Waals surface area contributed by atoms with Crippen LogP contribution in [0.5, 0.6) is 11.5 Å². The van der Waals surface area contributed by atoms with Gasteiger partial charge < -0.3 is 18.6 Å². The predicted molar refractivity (Wildman–Crippen MR) is 101 cm³/mol. The molecule has 1 atom stereocenters. The summed E-state index contributed by atoms with van der Waals surface area (Å²) in [6, 6.07) is 14.7. The van der Waals surface area contributed by atoms with E-state index in [1.807, 2.05) is 36.4 Å². The fraction of sp³-hybridized carbons (Fsp3) is 0.190. The van der Waals surface area contributed by atoms with Crippen LogP contribution < -0.4 is 9.47 Å². The van der Waals surface area contributed by atoms with E-state index in [0.29, 0.717) is 11.5 Å². The average Bonchev–Trinajstić information content (AvgIpc) is 3.24. The molecule has 0 spiro atoms. The maximum Gasteiger partial charge on any atom is 0.338 e. The third kappa shape index (κ3) is 3.59. The van der Waals surface area contributed by atoms with Crippen molar-refractivity contribution in [3.8, 4) is 23.0 Å². The molecule has 0 amide bonds. The van der Waals surface area contributed by atoms with Crippen LogP contribution >= 0.6 is 0 Å². The van der Waals surface area contributed by atoms with E-state index in [1.54, 1.807) is 32.2 Å². The van der Waals surface area contributed by atoms with Crippen LogP contribution in [0.3, 0.4) is 0 Å². The first kappa shape index (κ1) is 17.8. The van der Waals surface area contributed by atoms with Gasteiger partial charge in [0.1, 0.15) is 18.1 Å². The van der Waals surface area contributed by atoms with Crippen molar-refractivity contribution in [1.82, 2.24) is 10.2 Å². The maximum absolute atomic E-state index is 12.5. The number of para-hydroxylation sites is 1. The highest BCUT2D eigenvalue weighted by Gasteiger charge is 2.23. The van der Waals surface area contributed by atoms with Gasteiger partial charge in [0.2, 0.25) is 5.89 Å². The second-order valence-corrected chi connectivity index (χ2v) is 6.22. The molecule has 3 aromatic rings. The summed E-state index contributed by atoms with van der Waals surface area (Å²) in [5.74, 6) is 1.56. The molecule has 2 heterocycles. The zero-order valence-electron chi connectivity index (χ0n) is 15.4. The third-order valence-electron chi connectivity index (χ3n) is 4.30. The molecule has 1 aromatic heterocycles. The third-order valence-corrected chi connectivity index (χ3v) is 4.30. The summed E-state index contributed by atoms with van der Waals surface area (Å²) in [5, 5.41) is 8.02. The summed E-state index contributed by atoms with van der Waals surface area (Å²) in [4.78, 5) is 12.5. The van der Waals surface area contributed by atoms with Gasteiger partial charge in [0.05, 0.1) is 12.7 Å². The lowest BCUT2D eigenvalue weighted by atomic mass is 10.1. The summed E-state index contributed by atoms with van der Waals surface area (Å²) in [5.41, 5.74) is 2.02. The Hall–Kier alpha value is -3.61. The maximum atomic E-state index is 12.5. The second kappa shape index (κ2) is 7.56. The molecule has 7 nitrogen and oxygen atoms in total. The molecule has 0 saturated carbocycles. The molecular weight excluding hydrogens is 360 g/mol. The molecule has 0 fully saturated rings. The Kier molecular flexibility index (Phi) is 4.80. The van der Waals surface area contributed by atoms with Crippen molar-refractivity contribution in [2.75, 3.05) is 13.7 Å². The number of rotatable bonds is 5. The molecule has 0 radical (unpaired) electrons. The number of hydrogen-bond donors (Lipinski definition) is 0. The van der Waals surface area contributed by atoms with Gasteiger partial charge in [-0.3, -0.25) is 0 Å². The van der Waals surface area contributed by atoms with Crippen LogP contribution in [0.15, 0.2) is 58.5 Å². The summed E-state index contributed by atoms with van der Waals surface area (Å²) in [6.45, 7) is 1.84. The molecule has 0 saturated heterocycles. The fourth-order valence-corrected chi connectivity index (χ4v) is 2.77. The highest BCUT2D eigenvalue weighted by Crippen LogP contribution is 2.28. The van der Waals surface area contributed by atoms with E-state index >= 15 is 0 Å². The summed E-state index contributed by atoms with van der Waals surface area (Å²) < 4.78 is 21.9. The van der Waals surface area contributed by atoms with Gasteiger partial charge >= 0.3 is 5.97 Å². The molecule has 1 aliphatic rings. The summed E-state index contributed by atoms with van der Waals surface area (Å²) in [7, 11) is 1.60. The Morgan fingerprint density at radius 2 is 1.89 bits per heavy atom. The Morgan fingerprint density at radius 1 is 1.11 bits per heavy atom. The van der Waals surface area contributed by atoms with E-state index in [9.17, 15) is 4.79 Å². The first-order chi connectivity index (χ1) is 13.6. The van der Waals surface area contributed by atoms with Crippen molar-refractivity contribution in [2.45, 2.75) is 13.0 Å². The SMILES string of the molecule is COc1ccc(-c2nnc([C@H](C)OC(=O)C3=Cc4ccccc4OC3)o2)cc1. The van der Waals surface area contributed by atoms with Gasteiger partial charge in [-0.25, -0.2) is 4.79 Å². The Labute approximate surface area is 161 Å². The molecular formula is C21H18N2O5. The number of carbonyl (C=O) groups is 1. The van der Waals surface area contributed by atoms with Gasteiger partial charge in [-0.15, -0.1) is 10.2 Å². The van der Waals surface area contributed by atoms with Crippen LogP contribution in [-0.2, 0) is 9.53 Å². The molecule has 28 heavy (non-hydrogen) atoms. The minimum atomic E-state index is -0.690. The largest absolute Gasteiger partial charge is 0.497 e. The van der Waals surface area contributed by atoms with E-state index in [1.165, 1.54) is 0 Å². The monoisotopic (exact) mass is 378 g/mol. The van der Waals surface area contributed by atoms with E-state index in [0.717, 1.165) is 22.6 Å². The van der Waals surface area contributed by atoms with Crippen LogP contribution in [0.1, 0.15) is 24.5 Å². The van der Waals surface area contributed by atoms with E-state index in [4.69, 9.17) is 18.6 Å². The predicted octanol–water partition coefficient (Wildman–Crippen LogP) is 3.83. The number of esters is 1. The number of ether oxygens (including phenoxy) is 3. The molecule has 0 bridgehead atoms. The van der Waals surface area contributed by atoms with Gasteiger partial charge in [0.25, 0.3) is 5.89 Å². The zero-order chi connectivity index (χ0) is 19.5. The van der Waals surface area contributed by atoms with Crippen LogP contribution in [0.4, 0.5) is 0 Å². The first-order valence-corrected chi connectivity index (χ1v) is 8.75. The summed E-state index contributed by atoms with van der Waals surface area (Å²) >= 11 is 0. The van der Waals surface area contributed by atoms with Crippen LogP contribution in [-0.4, -0.2) is 29.9 Å². The molecule has 1 aliphatic heterocycles. The Balaban J connectivity index is 1.45. The Bertz CT molecular complexity index is 1020. The van der Waals surface area contributed by atoms with Gasteiger partial charge in [0, 0.05) is 11.1 Å². The molecule has 0 aliphatic carbocycles. The van der Waals surface area contributed by atoms with Crippen molar-refractivity contribution in [3.63, 3.8) is 0 Å². The van der Waals surface area contributed by atoms with Gasteiger partial charge in [-0.1, -0.05) is 18.2 Å². The number of nitrogens with zero attached hydrogens (tertiary/aromatic N) is 2. The van der Waals surface area contributed by atoms with Crippen LogP contribution in [0.2, 0.25) is 0 Å². The van der Waals surface area contributed by atoms with Crippen LogP contribution in [0.25, 0.3) is 17.5 Å².